The molecule has 2 heterocycles. The van der Waals surface area contributed by atoms with Crippen molar-refractivity contribution in [1.29, 1.82) is 0 Å². The van der Waals surface area contributed by atoms with Crippen LogP contribution in [-0.2, 0) is 22.7 Å². The number of nitrogens with zero attached hydrogens (tertiary/aromatic N) is 4. The fourth-order valence-corrected chi connectivity index (χ4v) is 5.18. The molecule has 2 aromatic rings. The van der Waals surface area contributed by atoms with Gasteiger partial charge in [0.2, 0.25) is 11.8 Å². The van der Waals surface area contributed by atoms with Crippen LogP contribution >= 0.6 is 23.2 Å². The summed E-state index contributed by atoms with van der Waals surface area (Å²) in [5, 5.41) is 7.08. The third kappa shape index (κ3) is 5.24. The molecule has 0 spiro atoms. The van der Waals surface area contributed by atoms with Crippen molar-refractivity contribution in [2.75, 3.05) is 20.1 Å². The van der Waals surface area contributed by atoms with Crippen molar-refractivity contribution < 1.29 is 14.4 Å². The summed E-state index contributed by atoms with van der Waals surface area (Å²) >= 11 is 12.4. The van der Waals surface area contributed by atoms with Gasteiger partial charge in [0.1, 0.15) is 12.2 Å². The number of carbonyl (C=O) groups excluding carboxylic acids is 3. The van der Waals surface area contributed by atoms with Gasteiger partial charge in [-0.2, -0.15) is 0 Å². The number of hydrogen-bond donors (Lipinski definition) is 1. The van der Waals surface area contributed by atoms with E-state index in [9.17, 15) is 14.4 Å². The van der Waals surface area contributed by atoms with E-state index in [1.165, 1.54) is 0 Å². The first-order valence-electron chi connectivity index (χ1n) is 11.5. The molecule has 0 saturated carbocycles. The van der Waals surface area contributed by atoms with Crippen LogP contribution in [0.15, 0.2) is 48.5 Å². The van der Waals surface area contributed by atoms with Crippen LogP contribution in [0.25, 0.3) is 0 Å². The number of hydrogen-bond acceptors (Lipinski definition) is 4. The number of fused-ring (bicyclic) bond motifs is 1. The Kier molecular flexibility index (Phi) is 7.54. The van der Waals surface area contributed by atoms with Crippen LogP contribution < -0.4 is 5.32 Å². The Morgan fingerprint density at radius 2 is 1.83 bits per heavy atom. The number of carbonyl (C=O) groups is 3. The maximum absolute atomic E-state index is 13.5. The number of urea groups is 1. The molecule has 8 nitrogen and oxygen atoms in total. The second kappa shape index (κ2) is 10.4. The maximum Gasteiger partial charge on any atom is 0.334 e. The van der Waals surface area contributed by atoms with Crippen molar-refractivity contribution in [2.24, 2.45) is 5.92 Å². The molecular weight excluding hydrogens is 489 g/mol. The Hall–Kier alpha value is -2.81. The lowest BCUT2D eigenvalue weighted by Gasteiger charge is -2.55. The Labute approximate surface area is 215 Å². The molecule has 10 heteroatoms. The molecule has 2 aromatic carbocycles. The number of likely N-dealkylation sites (N-methyl/N-ethyl adjacent to an activating group) is 1. The van der Waals surface area contributed by atoms with Gasteiger partial charge in [-0.25, -0.2) is 14.8 Å². The molecule has 4 rings (SSSR count). The molecule has 0 bridgehead atoms. The van der Waals surface area contributed by atoms with Crippen LogP contribution in [0.2, 0.25) is 10.0 Å². The lowest BCUT2D eigenvalue weighted by atomic mass is 9.96. The summed E-state index contributed by atoms with van der Waals surface area (Å²) < 4.78 is 0. The topological polar surface area (TPSA) is 76.2 Å². The predicted octanol–water partition coefficient (Wildman–Crippen LogP) is 3.59. The normalized spacial score (nSPS) is 20.9. The van der Waals surface area contributed by atoms with E-state index in [1.807, 2.05) is 44.2 Å². The van der Waals surface area contributed by atoms with Crippen LogP contribution in [0.1, 0.15) is 25.0 Å². The Morgan fingerprint density at radius 3 is 2.49 bits per heavy atom. The van der Waals surface area contributed by atoms with Gasteiger partial charge in [0.05, 0.1) is 13.1 Å². The maximum atomic E-state index is 13.5. The van der Waals surface area contributed by atoms with E-state index in [2.05, 4.69) is 5.32 Å². The molecule has 4 amide bonds. The van der Waals surface area contributed by atoms with Crippen molar-refractivity contribution in [3.8, 4) is 0 Å². The molecule has 2 atom stereocenters. The minimum atomic E-state index is -0.689. The minimum absolute atomic E-state index is 0.00870. The molecular formula is C25H29Cl2N5O3. The predicted molar refractivity (Wildman–Crippen MR) is 134 cm³/mol. The average molecular weight is 518 g/mol. The summed E-state index contributed by atoms with van der Waals surface area (Å²) in [6.45, 7) is 4.58. The Morgan fingerprint density at radius 1 is 1.11 bits per heavy atom. The van der Waals surface area contributed by atoms with E-state index < -0.39 is 12.2 Å². The summed E-state index contributed by atoms with van der Waals surface area (Å²) in [5.74, 6) is -0.485. The van der Waals surface area contributed by atoms with Crippen molar-refractivity contribution in [3.63, 3.8) is 0 Å². The van der Waals surface area contributed by atoms with E-state index in [1.54, 1.807) is 45.1 Å². The number of rotatable bonds is 5. The lowest BCUT2D eigenvalue weighted by Crippen LogP contribution is -2.76. The quantitative estimate of drug-likeness (QED) is 0.657. The highest BCUT2D eigenvalue weighted by molar-refractivity contribution is 6.35. The number of halogens is 2. The highest BCUT2D eigenvalue weighted by atomic mass is 35.5. The van der Waals surface area contributed by atoms with Gasteiger partial charge in [-0.1, -0.05) is 73.4 Å². The SMILES string of the molecule is CC(C)[C@H]1C(=O)N(Cc2ccc(Cl)cc2Cl)CC2N1C(=O)CN(C)N2C(=O)NCc1ccccc1. The molecule has 0 aliphatic carbocycles. The molecule has 2 aliphatic rings. The summed E-state index contributed by atoms with van der Waals surface area (Å²) in [6.07, 6.45) is -0.645. The zero-order chi connectivity index (χ0) is 25.3. The van der Waals surface area contributed by atoms with Gasteiger partial charge < -0.3 is 15.1 Å². The van der Waals surface area contributed by atoms with Gasteiger partial charge >= 0.3 is 6.03 Å². The summed E-state index contributed by atoms with van der Waals surface area (Å²) in [4.78, 5) is 43.3. The van der Waals surface area contributed by atoms with Gasteiger partial charge in [-0.3, -0.25) is 9.59 Å². The number of nitrogens with one attached hydrogen (secondary N) is 1. The summed E-state index contributed by atoms with van der Waals surface area (Å²) in [6, 6.07) is 13.7. The summed E-state index contributed by atoms with van der Waals surface area (Å²) in [5.41, 5.74) is 1.71. The average Bonchev–Trinajstić information content (AvgIpc) is 2.80. The van der Waals surface area contributed by atoms with Crippen LogP contribution in [-0.4, -0.2) is 70.0 Å². The van der Waals surface area contributed by atoms with Gasteiger partial charge in [-0.05, 0) is 29.2 Å². The number of benzene rings is 2. The highest BCUT2D eigenvalue weighted by Gasteiger charge is 2.51. The van der Waals surface area contributed by atoms with E-state index in [4.69, 9.17) is 23.2 Å². The molecule has 1 unspecified atom stereocenters. The van der Waals surface area contributed by atoms with Gasteiger partial charge in [0, 0.05) is 30.2 Å². The van der Waals surface area contributed by atoms with Gasteiger partial charge in [0.15, 0.2) is 0 Å². The zero-order valence-electron chi connectivity index (χ0n) is 19.9. The molecule has 2 fully saturated rings. The smallest absolute Gasteiger partial charge is 0.333 e. The molecule has 2 saturated heterocycles. The number of piperazine rings is 1. The monoisotopic (exact) mass is 517 g/mol. The Bertz CT molecular complexity index is 1110. The van der Waals surface area contributed by atoms with E-state index in [0.717, 1.165) is 11.1 Å². The van der Waals surface area contributed by atoms with E-state index >= 15 is 0 Å². The second-order valence-electron chi connectivity index (χ2n) is 9.23. The fourth-order valence-electron chi connectivity index (χ4n) is 4.71. The highest BCUT2D eigenvalue weighted by Crippen LogP contribution is 2.31. The number of amides is 4. The lowest BCUT2D eigenvalue weighted by molar-refractivity contribution is -0.190. The fraction of sp³-hybridized carbons (Fsp3) is 0.400. The van der Waals surface area contributed by atoms with Crippen LogP contribution in [0.5, 0.6) is 0 Å². The van der Waals surface area contributed by atoms with Crippen LogP contribution in [0, 0.1) is 5.92 Å². The van der Waals surface area contributed by atoms with Gasteiger partial charge in [-0.15, -0.1) is 0 Å². The van der Waals surface area contributed by atoms with Crippen molar-refractivity contribution in [3.05, 3.63) is 69.7 Å². The van der Waals surface area contributed by atoms with Gasteiger partial charge in [0.25, 0.3) is 0 Å². The minimum Gasteiger partial charge on any atom is -0.333 e. The van der Waals surface area contributed by atoms with Crippen molar-refractivity contribution in [1.82, 2.24) is 25.1 Å². The van der Waals surface area contributed by atoms with Crippen LogP contribution in [0.4, 0.5) is 4.79 Å². The Balaban J connectivity index is 1.62. The molecule has 35 heavy (non-hydrogen) atoms. The molecule has 0 aromatic heterocycles. The second-order valence-corrected chi connectivity index (χ2v) is 10.1. The zero-order valence-corrected chi connectivity index (χ0v) is 21.5. The first-order chi connectivity index (χ1) is 16.7. The summed E-state index contributed by atoms with van der Waals surface area (Å²) in [7, 11) is 1.71. The molecule has 186 valence electrons. The number of hydrazine groups is 1. The largest absolute Gasteiger partial charge is 0.334 e. The molecule has 1 N–H and O–H groups in total. The third-order valence-electron chi connectivity index (χ3n) is 6.37. The van der Waals surface area contributed by atoms with Crippen molar-refractivity contribution >= 4 is 41.0 Å². The molecule has 0 radical (unpaired) electrons. The molecule has 2 aliphatic heterocycles. The van der Waals surface area contributed by atoms with E-state index in [-0.39, 0.29) is 43.4 Å². The first kappa shape index (κ1) is 25.3. The van der Waals surface area contributed by atoms with E-state index in [0.29, 0.717) is 16.6 Å². The first-order valence-corrected chi connectivity index (χ1v) is 12.3. The van der Waals surface area contributed by atoms with Crippen LogP contribution in [0.3, 0.4) is 0 Å². The standard InChI is InChI=1S/C25H29Cl2N5O3/c1-16(2)23-24(34)30(13-18-9-10-19(26)11-20(18)27)14-21-31(23)22(33)15-29(3)32(21)25(35)28-12-17-7-5-4-6-8-17/h4-11,16,21,23H,12-15H2,1-3H3,(H,28,35)/t21?,23-/m0/s1. The third-order valence-corrected chi connectivity index (χ3v) is 6.96. The van der Waals surface area contributed by atoms with Crippen molar-refractivity contribution in [2.45, 2.75) is 39.1 Å².